The van der Waals surface area contributed by atoms with Crippen LogP contribution in [0.15, 0.2) is 158 Å². The Morgan fingerprint density at radius 3 is 1.32 bits per heavy atom. The number of benzene rings is 6. The van der Waals surface area contributed by atoms with Crippen LogP contribution in [0, 0.1) is 0 Å². The van der Waals surface area contributed by atoms with Gasteiger partial charge in [-0.15, -0.1) is 0 Å². The Labute approximate surface area is 239 Å². The summed E-state index contributed by atoms with van der Waals surface area (Å²) in [6.45, 7) is 0. The van der Waals surface area contributed by atoms with Gasteiger partial charge in [-0.2, -0.15) is 0 Å². The number of para-hydroxylation sites is 2. The van der Waals surface area contributed by atoms with Gasteiger partial charge >= 0.3 is 0 Å². The minimum absolute atomic E-state index is 0.645. The van der Waals surface area contributed by atoms with Gasteiger partial charge in [-0.3, -0.25) is 0 Å². The zero-order valence-corrected chi connectivity index (χ0v) is 22.3. The summed E-state index contributed by atoms with van der Waals surface area (Å²) in [6.07, 6.45) is 0. The minimum Gasteiger partial charge on any atom is -0.310 e. The molecule has 0 bridgehead atoms. The molecule has 7 rings (SSSR count). The van der Waals surface area contributed by atoms with Gasteiger partial charge in [0.15, 0.2) is 17.5 Å². The summed E-state index contributed by atoms with van der Waals surface area (Å²) >= 11 is 0. The summed E-state index contributed by atoms with van der Waals surface area (Å²) in [5.41, 5.74) is 6.13. The first-order valence-electron chi connectivity index (χ1n) is 13.6. The quantitative estimate of drug-likeness (QED) is 0.216. The molecule has 0 saturated carbocycles. The number of nitrogens with zero attached hydrogens (tertiary/aromatic N) is 4. The van der Waals surface area contributed by atoms with Crippen molar-refractivity contribution in [2.75, 3.05) is 4.90 Å². The van der Waals surface area contributed by atoms with Crippen molar-refractivity contribution in [1.29, 1.82) is 0 Å². The number of aromatic nitrogens is 3. The van der Waals surface area contributed by atoms with Crippen molar-refractivity contribution in [1.82, 2.24) is 15.0 Å². The Hall–Kier alpha value is -5.61. The third-order valence-corrected chi connectivity index (χ3v) is 7.11. The van der Waals surface area contributed by atoms with Crippen molar-refractivity contribution >= 4 is 27.8 Å². The molecule has 0 unspecified atom stereocenters. The normalized spacial score (nSPS) is 10.9. The van der Waals surface area contributed by atoms with E-state index in [1.807, 2.05) is 72.8 Å². The zero-order valence-electron chi connectivity index (χ0n) is 22.3. The Morgan fingerprint density at radius 1 is 0.341 bits per heavy atom. The van der Waals surface area contributed by atoms with E-state index in [0.29, 0.717) is 17.5 Å². The van der Waals surface area contributed by atoms with E-state index >= 15 is 0 Å². The van der Waals surface area contributed by atoms with Crippen molar-refractivity contribution in [2.45, 2.75) is 0 Å². The molecule has 0 N–H and O–H groups in total. The van der Waals surface area contributed by atoms with E-state index in [1.54, 1.807) is 0 Å². The molecule has 1 aromatic heterocycles. The molecule has 0 aliphatic rings. The molecule has 0 amide bonds. The summed E-state index contributed by atoms with van der Waals surface area (Å²) in [5, 5.41) is 2.19. The molecular weight excluding hydrogens is 500 g/mol. The molecule has 4 heteroatoms. The Morgan fingerprint density at radius 2 is 0.780 bits per heavy atom. The summed E-state index contributed by atoms with van der Waals surface area (Å²) in [7, 11) is 0. The highest BCUT2D eigenvalue weighted by Crippen LogP contribution is 2.40. The SMILES string of the molecule is c1ccc(-c2nc(-c3ccccc3)nc(-c3cccc4c(N(c5ccccc5)c5ccccc5)cccc34)n2)cc1. The van der Waals surface area contributed by atoms with E-state index in [4.69, 9.17) is 15.0 Å². The first-order chi connectivity index (χ1) is 20.3. The van der Waals surface area contributed by atoms with Crippen LogP contribution in [0.4, 0.5) is 17.1 Å². The van der Waals surface area contributed by atoms with Crippen molar-refractivity contribution in [2.24, 2.45) is 0 Å². The second kappa shape index (κ2) is 10.9. The summed E-state index contributed by atoms with van der Waals surface area (Å²) < 4.78 is 0. The van der Waals surface area contributed by atoms with Crippen molar-refractivity contribution < 1.29 is 0 Å². The zero-order chi connectivity index (χ0) is 27.4. The van der Waals surface area contributed by atoms with E-state index in [2.05, 4.69) is 89.8 Å². The smallest absolute Gasteiger partial charge is 0.164 e. The molecule has 194 valence electrons. The third kappa shape index (κ3) is 4.83. The third-order valence-electron chi connectivity index (χ3n) is 7.11. The Kier molecular flexibility index (Phi) is 6.48. The van der Waals surface area contributed by atoms with E-state index in [-0.39, 0.29) is 0 Å². The fourth-order valence-electron chi connectivity index (χ4n) is 5.19. The van der Waals surface area contributed by atoms with Crippen LogP contribution in [0.3, 0.4) is 0 Å². The van der Waals surface area contributed by atoms with Gasteiger partial charge in [0.25, 0.3) is 0 Å². The highest BCUT2D eigenvalue weighted by molar-refractivity contribution is 6.05. The van der Waals surface area contributed by atoms with Crippen LogP contribution in [-0.2, 0) is 0 Å². The van der Waals surface area contributed by atoms with Gasteiger partial charge in [0.05, 0.1) is 5.69 Å². The molecule has 4 nitrogen and oxygen atoms in total. The Bertz CT molecular complexity index is 1830. The number of hydrogen-bond donors (Lipinski definition) is 0. The topological polar surface area (TPSA) is 41.9 Å². The minimum atomic E-state index is 0.645. The maximum atomic E-state index is 5.00. The van der Waals surface area contributed by atoms with Gasteiger partial charge in [-0.25, -0.2) is 15.0 Å². The van der Waals surface area contributed by atoms with Crippen LogP contribution in [0.1, 0.15) is 0 Å². The van der Waals surface area contributed by atoms with Crippen molar-refractivity contribution in [3.8, 4) is 34.2 Å². The van der Waals surface area contributed by atoms with Gasteiger partial charge < -0.3 is 4.90 Å². The van der Waals surface area contributed by atoms with Crippen LogP contribution in [0.25, 0.3) is 44.9 Å². The first kappa shape index (κ1) is 24.4. The van der Waals surface area contributed by atoms with E-state index < -0.39 is 0 Å². The number of hydrogen-bond acceptors (Lipinski definition) is 4. The van der Waals surface area contributed by atoms with E-state index in [1.165, 1.54) is 0 Å². The molecule has 0 fully saturated rings. The van der Waals surface area contributed by atoms with Crippen LogP contribution in [0.5, 0.6) is 0 Å². The predicted octanol–water partition coefficient (Wildman–Crippen LogP) is 9.50. The molecule has 0 aliphatic carbocycles. The number of anilines is 3. The molecule has 0 aliphatic heterocycles. The molecule has 0 saturated heterocycles. The van der Waals surface area contributed by atoms with Crippen molar-refractivity contribution in [3.63, 3.8) is 0 Å². The lowest BCUT2D eigenvalue weighted by Crippen LogP contribution is -2.10. The lowest BCUT2D eigenvalue weighted by atomic mass is 10.0. The summed E-state index contributed by atoms with van der Waals surface area (Å²) in [4.78, 5) is 17.2. The fraction of sp³-hybridized carbons (Fsp3) is 0. The molecule has 1 heterocycles. The lowest BCUT2D eigenvalue weighted by molar-refractivity contribution is 1.08. The fourth-order valence-corrected chi connectivity index (χ4v) is 5.19. The van der Waals surface area contributed by atoms with Crippen molar-refractivity contribution in [3.05, 3.63) is 158 Å². The monoisotopic (exact) mass is 526 g/mol. The van der Waals surface area contributed by atoms with E-state index in [9.17, 15) is 0 Å². The molecule has 0 spiro atoms. The Balaban J connectivity index is 1.45. The maximum Gasteiger partial charge on any atom is 0.164 e. The van der Waals surface area contributed by atoms with Crippen LogP contribution >= 0.6 is 0 Å². The van der Waals surface area contributed by atoms with Crippen LogP contribution < -0.4 is 4.90 Å². The summed E-state index contributed by atoms with van der Waals surface area (Å²) in [5.74, 6) is 1.95. The lowest BCUT2D eigenvalue weighted by Gasteiger charge is -2.27. The second-order valence-corrected chi connectivity index (χ2v) is 9.72. The highest BCUT2D eigenvalue weighted by atomic mass is 15.1. The molecule has 7 aromatic rings. The average molecular weight is 527 g/mol. The number of rotatable bonds is 6. The first-order valence-corrected chi connectivity index (χ1v) is 13.6. The average Bonchev–Trinajstić information content (AvgIpc) is 3.06. The van der Waals surface area contributed by atoms with Gasteiger partial charge in [-0.05, 0) is 35.7 Å². The molecule has 0 atom stereocenters. The van der Waals surface area contributed by atoms with E-state index in [0.717, 1.165) is 44.5 Å². The molecule has 6 aromatic carbocycles. The number of fused-ring (bicyclic) bond motifs is 1. The predicted molar refractivity (Wildman–Crippen MR) is 168 cm³/mol. The largest absolute Gasteiger partial charge is 0.310 e. The molecule has 41 heavy (non-hydrogen) atoms. The van der Waals surface area contributed by atoms with Gasteiger partial charge in [-0.1, -0.05) is 127 Å². The van der Waals surface area contributed by atoms with Crippen LogP contribution in [-0.4, -0.2) is 15.0 Å². The molecule has 0 radical (unpaired) electrons. The van der Waals surface area contributed by atoms with Gasteiger partial charge in [0.2, 0.25) is 0 Å². The standard InChI is InChI=1S/C37H26N4/c1-5-15-27(16-6-1)35-38-36(28-17-7-2-8-18-28)40-37(39-35)33-25-13-24-32-31(33)23-14-26-34(32)41(29-19-9-3-10-20-29)30-21-11-4-12-22-30/h1-26H. The second-order valence-electron chi connectivity index (χ2n) is 9.72. The van der Waals surface area contributed by atoms with Gasteiger partial charge in [0.1, 0.15) is 0 Å². The molecular formula is C37H26N4. The summed E-state index contributed by atoms with van der Waals surface area (Å²) in [6, 6.07) is 53.9. The van der Waals surface area contributed by atoms with Crippen LogP contribution in [0.2, 0.25) is 0 Å². The highest BCUT2D eigenvalue weighted by Gasteiger charge is 2.18. The van der Waals surface area contributed by atoms with Gasteiger partial charge in [0, 0.05) is 33.5 Å². The maximum absolute atomic E-state index is 5.00.